The van der Waals surface area contributed by atoms with Crippen LogP contribution >= 0.6 is 0 Å². The number of carbonyl (C=O) groups excluding carboxylic acids is 2. The topological polar surface area (TPSA) is 60.9 Å². The van der Waals surface area contributed by atoms with Gasteiger partial charge in [0.25, 0.3) is 0 Å². The molecule has 0 aromatic carbocycles. The molecule has 0 spiro atoms. The molecule has 0 aliphatic carbocycles. The van der Waals surface area contributed by atoms with Crippen molar-refractivity contribution in [3.05, 3.63) is 24.3 Å². The van der Waals surface area contributed by atoms with Crippen LogP contribution in [0.1, 0.15) is 213 Å². The minimum absolute atomic E-state index is 0.0464. The Kier molecular flexibility index (Phi) is 26.6. The van der Waals surface area contributed by atoms with Crippen LogP contribution in [-0.2, 0) is 9.59 Å². The molecule has 0 bridgehead atoms. The average molecular weight is 699 g/mol. The number of rotatable bonds is 35. The molecule has 4 atom stereocenters. The summed E-state index contributed by atoms with van der Waals surface area (Å²) in [7, 11) is 0. The number of aliphatic hydroxyl groups excluding tert-OH is 1. The van der Waals surface area contributed by atoms with E-state index in [4.69, 9.17) is 0 Å². The van der Waals surface area contributed by atoms with Gasteiger partial charge in [-0.1, -0.05) is 200 Å². The van der Waals surface area contributed by atoms with Crippen LogP contribution in [0.3, 0.4) is 0 Å². The summed E-state index contributed by atoms with van der Waals surface area (Å²) in [5, 5.41) is 9.89. The van der Waals surface area contributed by atoms with Crippen molar-refractivity contribution in [3.63, 3.8) is 0 Å². The molecule has 2 amide bonds. The lowest BCUT2D eigenvalue weighted by Crippen LogP contribution is -2.34. The van der Waals surface area contributed by atoms with Crippen LogP contribution < -0.4 is 0 Å². The van der Waals surface area contributed by atoms with Crippen LogP contribution in [0.2, 0.25) is 0 Å². The summed E-state index contributed by atoms with van der Waals surface area (Å²) in [6.45, 7) is 8.35. The third-order valence-corrected chi connectivity index (χ3v) is 11.8. The molecule has 0 fully saturated rings. The largest absolute Gasteiger partial charge is 0.370 e. The Morgan fingerprint density at radius 3 is 1.14 bits per heavy atom. The lowest BCUT2D eigenvalue weighted by molar-refractivity contribution is -0.131. The Balaban J connectivity index is 1.72. The molecule has 2 aliphatic heterocycles. The van der Waals surface area contributed by atoms with Crippen molar-refractivity contribution in [2.24, 2.45) is 11.8 Å². The quantitative estimate of drug-likeness (QED) is 0.0670. The van der Waals surface area contributed by atoms with Gasteiger partial charge in [-0.3, -0.25) is 9.59 Å². The van der Waals surface area contributed by atoms with Crippen molar-refractivity contribution in [2.45, 2.75) is 226 Å². The van der Waals surface area contributed by atoms with Gasteiger partial charge in [0.1, 0.15) is 6.23 Å². The lowest BCUT2D eigenvalue weighted by atomic mass is 9.78. The van der Waals surface area contributed by atoms with Crippen LogP contribution in [0, 0.1) is 11.8 Å². The van der Waals surface area contributed by atoms with Crippen molar-refractivity contribution < 1.29 is 14.7 Å². The molecule has 1 N–H and O–H groups in total. The molecule has 0 saturated carbocycles. The Morgan fingerprint density at radius 2 is 0.800 bits per heavy atom. The number of nitrogens with zero attached hydrogens (tertiary/aromatic N) is 2. The second-order valence-electron chi connectivity index (χ2n) is 16.1. The highest BCUT2D eigenvalue weighted by Crippen LogP contribution is 2.34. The van der Waals surface area contributed by atoms with Crippen molar-refractivity contribution in [3.8, 4) is 0 Å². The predicted molar refractivity (Wildman–Crippen MR) is 214 cm³/mol. The molecule has 0 radical (unpaired) electrons. The number of amides is 2. The summed E-state index contributed by atoms with van der Waals surface area (Å²) >= 11 is 0. The first-order valence-electron chi connectivity index (χ1n) is 22.1. The van der Waals surface area contributed by atoms with E-state index in [9.17, 15) is 14.7 Å². The van der Waals surface area contributed by atoms with Gasteiger partial charge >= 0.3 is 0 Å². The monoisotopic (exact) mass is 699 g/mol. The van der Waals surface area contributed by atoms with E-state index >= 15 is 0 Å². The van der Waals surface area contributed by atoms with Crippen LogP contribution in [-0.4, -0.2) is 52.1 Å². The highest BCUT2D eigenvalue weighted by molar-refractivity contribution is 5.90. The fourth-order valence-corrected chi connectivity index (χ4v) is 8.43. The van der Waals surface area contributed by atoms with Gasteiger partial charge in [-0.25, -0.2) is 0 Å². The SMILES string of the molecule is CCCCCCCCC(CCCCCCCCCN1C(=O)C=CC1C)C(CCCCCCCC)CCCCCCCCCN1C(=O)C=CC1O. The summed E-state index contributed by atoms with van der Waals surface area (Å²) < 4.78 is 0. The van der Waals surface area contributed by atoms with Crippen LogP contribution in [0.4, 0.5) is 0 Å². The molecule has 2 aliphatic rings. The molecule has 290 valence electrons. The molecule has 5 heteroatoms. The molecular weight excluding hydrogens is 617 g/mol. The number of carbonyl (C=O) groups is 2. The first-order chi connectivity index (χ1) is 24.5. The highest BCUT2D eigenvalue weighted by atomic mass is 16.3. The van der Waals surface area contributed by atoms with Gasteiger partial charge in [-0.2, -0.15) is 0 Å². The first kappa shape index (κ1) is 44.5. The standard InChI is InChI=1S/C45H82N2O3/c1-4-6-8-10-18-24-30-41(32-26-20-14-12-16-22-28-38-46-40(3)34-35-43(46)48)42(31-25-19-11-9-7-5-2)33-27-21-15-13-17-23-29-39-47-44(49)36-37-45(47)50/h34-37,40-42,44,49H,4-33,38-39H2,1-3H3. The lowest BCUT2D eigenvalue weighted by Gasteiger charge is -2.28. The molecule has 50 heavy (non-hydrogen) atoms. The molecule has 5 nitrogen and oxygen atoms in total. The van der Waals surface area contributed by atoms with E-state index in [2.05, 4.69) is 20.8 Å². The van der Waals surface area contributed by atoms with E-state index in [0.717, 1.165) is 37.6 Å². The van der Waals surface area contributed by atoms with Crippen molar-refractivity contribution in [1.82, 2.24) is 9.80 Å². The second kappa shape index (κ2) is 29.9. The summed E-state index contributed by atoms with van der Waals surface area (Å²) in [5.74, 6) is 1.99. The maximum atomic E-state index is 12.0. The van der Waals surface area contributed by atoms with E-state index < -0.39 is 6.23 Å². The number of unbranched alkanes of at least 4 members (excludes halogenated alkanes) is 22. The number of hydrogen-bond acceptors (Lipinski definition) is 3. The summed E-state index contributed by atoms with van der Waals surface area (Å²) in [6, 6.07) is 0.279. The Morgan fingerprint density at radius 1 is 0.480 bits per heavy atom. The Bertz CT molecular complexity index is 829. The minimum atomic E-state index is -0.714. The molecule has 0 aromatic rings. The van der Waals surface area contributed by atoms with Gasteiger partial charge in [-0.05, 0) is 37.7 Å². The summed E-state index contributed by atoms with van der Waals surface area (Å²) in [6.07, 6.45) is 46.8. The number of aliphatic hydroxyl groups is 1. The van der Waals surface area contributed by atoms with Gasteiger partial charge in [0, 0.05) is 31.3 Å². The van der Waals surface area contributed by atoms with Gasteiger partial charge in [0.2, 0.25) is 11.8 Å². The fraction of sp³-hybridized carbons (Fsp3) is 0.867. The van der Waals surface area contributed by atoms with Crippen LogP contribution in [0.5, 0.6) is 0 Å². The normalized spacial score (nSPS) is 18.6. The predicted octanol–water partition coefficient (Wildman–Crippen LogP) is 12.5. The Hall–Kier alpha value is -1.62. The number of hydrogen-bond donors (Lipinski definition) is 1. The zero-order valence-electron chi connectivity index (χ0n) is 33.4. The zero-order chi connectivity index (χ0) is 36.1. The molecule has 0 saturated heterocycles. The van der Waals surface area contributed by atoms with E-state index in [1.54, 1.807) is 17.1 Å². The van der Waals surface area contributed by atoms with Crippen LogP contribution in [0.25, 0.3) is 0 Å². The van der Waals surface area contributed by atoms with E-state index in [-0.39, 0.29) is 17.9 Å². The maximum absolute atomic E-state index is 12.0. The summed E-state index contributed by atoms with van der Waals surface area (Å²) in [5.41, 5.74) is 0. The molecule has 0 aromatic heterocycles. The van der Waals surface area contributed by atoms with E-state index in [1.807, 2.05) is 11.0 Å². The molecule has 4 unspecified atom stereocenters. The molecule has 2 rings (SSSR count). The summed E-state index contributed by atoms with van der Waals surface area (Å²) in [4.78, 5) is 27.4. The van der Waals surface area contributed by atoms with Crippen molar-refractivity contribution in [2.75, 3.05) is 13.1 Å². The van der Waals surface area contributed by atoms with Gasteiger partial charge < -0.3 is 14.9 Å². The van der Waals surface area contributed by atoms with Gasteiger partial charge in [-0.15, -0.1) is 0 Å². The second-order valence-corrected chi connectivity index (χ2v) is 16.1. The average Bonchev–Trinajstić information content (AvgIpc) is 3.61. The van der Waals surface area contributed by atoms with Gasteiger partial charge in [0.05, 0.1) is 0 Å². The molecular formula is C45H82N2O3. The fourth-order valence-electron chi connectivity index (χ4n) is 8.43. The Labute approximate surface area is 310 Å². The molecule has 2 heterocycles. The highest BCUT2D eigenvalue weighted by Gasteiger charge is 2.23. The smallest absolute Gasteiger partial charge is 0.248 e. The zero-order valence-corrected chi connectivity index (χ0v) is 33.4. The third kappa shape index (κ3) is 20.4. The van der Waals surface area contributed by atoms with E-state index in [0.29, 0.717) is 6.54 Å². The van der Waals surface area contributed by atoms with Crippen LogP contribution in [0.15, 0.2) is 24.3 Å². The van der Waals surface area contributed by atoms with Crippen molar-refractivity contribution in [1.29, 1.82) is 0 Å². The van der Waals surface area contributed by atoms with Crippen molar-refractivity contribution >= 4 is 11.8 Å². The minimum Gasteiger partial charge on any atom is -0.370 e. The maximum Gasteiger partial charge on any atom is 0.248 e. The van der Waals surface area contributed by atoms with Gasteiger partial charge in [0.15, 0.2) is 0 Å². The van der Waals surface area contributed by atoms with E-state index in [1.165, 1.54) is 179 Å². The first-order valence-corrected chi connectivity index (χ1v) is 22.1. The third-order valence-electron chi connectivity index (χ3n) is 11.8.